The smallest absolute Gasteiger partial charge is 0.135 e. The van der Waals surface area contributed by atoms with Gasteiger partial charge in [-0.3, -0.25) is 0 Å². The molecule has 2 heteroatoms. The molecule has 0 aliphatic carbocycles. The molecule has 52 heavy (non-hydrogen) atoms. The first-order valence-electron chi connectivity index (χ1n) is 18.1. The molecule has 2 nitrogen and oxygen atoms in total. The van der Waals surface area contributed by atoms with E-state index in [4.69, 9.17) is 4.42 Å². The summed E-state index contributed by atoms with van der Waals surface area (Å²) in [6, 6.07) is 67.6. The van der Waals surface area contributed by atoms with Crippen molar-refractivity contribution in [2.24, 2.45) is 0 Å². The minimum Gasteiger partial charge on any atom is -0.456 e. The molecule has 8 aromatic carbocycles. The highest BCUT2D eigenvalue weighted by Crippen LogP contribution is 2.39. The molecular weight excluding hydrogens is 631 g/mol. The lowest BCUT2D eigenvalue weighted by molar-refractivity contribution is 0.669. The van der Waals surface area contributed by atoms with Crippen molar-refractivity contribution in [3.8, 4) is 50.2 Å². The first kappa shape index (κ1) is 31.3. The highest BCUT2D eigenvalue weighted by Gasteiger charge is 2.16. The Morgan fingerprint density at radius 1 is 0.308 bits per heavy atom. The number of para-hydroxylation sites is 2. The molecule has 0 saturated carbocycles. The standard InChI is InChI=1S/C48H31NO.C2H6/c1-3-11-32(12-4-1)33-13-9-14-34(27-33)35-15-10-16-36(28-35)37-21-24-45-42(29-37)43-30-38(22-25-46(43)49(45)40-17-5-2-6-18-40)39-23-26-48-44(31-39)41-19-7-8-20-47(41)50-48;1-2/h1-31H;1-2H3. The van der Waals surface area contributed by atoms with Crippen molar-refractivity contribution < 1.29 is 4.42 Å². The molecule has 248 valence electrons. The van der Waals surface area contributed by atoms with Gasteiger partial charge in [-0.1, -0.05) is 135 Å². The van der Waals surface area contributed by atoms with Crippen LogP contribution in [-0.4, -0.2) is 4.57 Å². The molecule has 10 rings (SSSR count). The summed E-state index contributed by atoms with van der Waals surface area (Å²) >= 11 is 0. The lowest BCUT2D eigenvalue weighted by Crippen LogP contribution is -1.93. The molecule has 0 amide bonds. The maximum atomic E-state index is 6.14. The zero-order valence-corrected chi connectivity index (χ0v) is 29.3. The van der Waals surface area contributed by atoms with Gasteiger partial charge in [0, 0.05) is 27.2 Å². The zero-order chi connectivity index (χ0) is 35.0. The Kier molecular flexibility index (Phi) is 7.98. The van der Waals surface area contributed by atoms with E-state index in [0.717, 1.165) is 27.6 Å². The van der Waals surface area contributed by atoms with Gasteiger partial charge in [-0.2, -0.15) is 0 Å². The second-order valence-electron chi connectivity index (χ2n) is 13.0. The molecule has 0 saturated heterocycles. The van der Waals surface area contributed by atoms with Crippen LogP contribution >= 0.6 is 0 Å². The molecule has 2 aromatic heterocycles. The van der Waals surface area contributed by atoms with Crippen LogP contribution in [0, 0.1) is 0 Å². The molecule has 10 aromatic rings. The second kappa shape index (κ2) is 13.2. The lowest BCUT2D eigenvalue weighted by Gasteiger charge is -2.10. The molecular formula is C50H37NO. The summed E-state index contributed by atoms with van der Waals surface area (Å²) in [4.78, 5) is 0. The van der Waals surface area contributed by atoms with Crippen molar-refractivity contribution in [2.75, 3.05) is 0 Å². The average molecular weight is 668 g/mol. The van der Waals surface area contributed by atoms with E-state index in [1.54, 1.807) is 0 Å². The minimum atomic E-state index is 0.912. The number of hydrogen-bond donors (Lipinski definition) is 0. The van der Waals surface area contributed by atoms with Crippen molar-refractivity contribution >= 4 is 43.7 Å². The van der Waals surface area contributed by atoms with Gasteiger partial charge >= 0.3 is 0 Å². The van der Waals surface area contributed by atoms with Crippen LogP contribution in [0.5, 0.6) is 0 Å². The van der Waals surface area contributed by atoms with Gasteiger partial charge in [0.05, 0.1) is 11.0 Å². The number of fused-ring (bicyclic) bond motifs is 6. The fourth-order valence-corrected chi connectivity index (χ4v) is 7.53. The van der Waals surface area contributed by atoms with Crippen molar-refractivity contribution in [1.82, 2.24) is 4.57 Å². The van der Waals surface area contributed by atoms with Crippen LogP contribution < -0.4 is 0 Å². The molecule has 0 radical (unpaired) electrons. The van der Waals surface area contributed by atoms with Gasteiger partial charge in [0.15, 0.2) is 0 Å². The van der Waals surface area contributed by atoms with Gasteiger partial charge in [-0.25, -0.2) is 0 Å². The number of rotatable bonds is 5. The fraction of sp³-hybridized carbons (Fsp3) is 0.0400. The Morgan fingerprint density at radius 2 is 0.731 bits per heavy atom. The molecule has 0 aliphatic heterocycles. The van der Waals surface area contributed by atoms with E-state index in [1.807, 2.05) is 26.0 Å². The van der Waals surface area contributed by atoms with E-state index in [1.165, 1.54) is 66.3 Å². The Balaban J connectivity index is 0.00000177. The van der Waals surface area contributed by atoms with E-state index in [0.29, 0.717) is 0 Å². The second-order valence-corrected chi connectivity index (χ2v) is 13.0. The van der Waals surface area contributed by atoms with Crippen molar-refractivity contribution in [2.45, 2.75) is 13.8 Å². The van der Waals surface area contributed by atoms with E-state index < -0.39 is 0 Å². The average Bonchev–Trinajstić information content (AvgIpc) is 3.77. The number of hydrogen-bond acceptors (Lipinski definition) is 1. The molecule has 0 fully saturated rings. The highest BCUT2D eigenvalue weighted by atomic mass is 16.3. The van der Waals surface area contributed by atoms with Crippen LogP contribution in [0.15, 0.2) is 192 Å². The van der Waals surface area contributed by atoms with Gasteiger partial charge in [-0.05, 0) is 111 Å². The Morgan fingerprint density at radius 3 is 1.33 bits per heavy atom. The molecule has 0 atom stereocenters. The largest absolute Gasteiger partial charge is 0.456 e. The topological polar surface area (TPSA) is 18.1 Å². The summed E-state index contributed by atoms with van der Waals surface area (Å²) in [5.41, 5.74) is 15.0. The molecule has 0 bridgehead atoms. The van der Waals surface area contributed by atoms with Gasteiger partial charge in [0.25, 0.3) is 0 Å². The molecule has 0 aliphatic rings. The normalized spacial score (nSPS) is 11.3. The maximum Gasteiger partial charge on any atom is 0.135 e. The number of nitrogens with zero attached hydrogens (tertiary/aromatic N) is 1. The third kappa shape index (κ3) is 5.46. The van der Waals surface area contributed by atoms with Gasteiger partial charge in [-0.15, -0.1) is 0 Å². The molecule has 0 unspecified atom stereocenters. The fourth-order valence-electron chi connectivity index (χ4n) is 7.53. The van der Waals surface area contributed by atoms with Crippen molar-refractivity contribution in [3.63, 3.8) is 0 Å². The summed E-state index contributed by atoms with van der Waals surface area (Å²) in [6.07, 6.45) is 0. The molecule has 0 spiro atoms. The van der Waals surface area contributed by atoms with E-state index in [9.17, 15) is 0 Å². The number of aromatic nitrogens is 1. The summed E-state index contributed by atoms with van der Waals surface area (Å²) in [5.74, 6) is 0. The first-order valence-corrected chi connectivity index (χ1v) is 18.1. The predicted molar refractivity (Wildman–Crippen MR) is 221 cm³/mol. The highest BCUT2D eigenvalue weighted by molar-refractivity contribution is 6.12. The lowest BCUT2D eigenvalue weighted by atomic mass is 9.95. The monoisotopic (exact) mass is 667 g/mol. The quantitative estimate of drug-likeness (QED) is 0.179. The van der Waals surface area contributed by atoms with E-state index in [-0.39, 0.29) is 0 Å². The Hall–Kier alpha value is -6.64. The van der Waals surface area contributed by atoms with Crippen LogP contribution in [0.25, 0.3) is 93.9 Å². The predicted octanol–water partition coefficient (Wildman–Crippen LogP) is 14.4. The summed E-state index contributed by atoms with van der Waals surface area (Å²) in [7, 11) is 0. The van der Waals surface area contributed by atoms with Crippen LogP contribution in [-0.2, 0) is 0 Å². The van der Waals surface area contributed by atoms with Gasteiger partial charge < -0.3 is 8.98 Å². The van der Waals surface area contributed by atoms with Gasteiger partial charge in [0.1, 0.15) is 11.2 Å². The number of furan rings is 1. The third-order valence-electron chi connectivity index (χ3n) is 9.99. The SMILES string of the molecule is CC.c1ccc(-c2cccc(-c3cccc(-c4ccc5c(c4)c4cc(-c6ccc7oc8ccccc8c7c6)ccc4n5-c4ccccc4)c3)c2)cc1. The Bertz CT molecular complexity index is 2860. The zero-order valence-electron chi connectivity index (χ0n) is 29.3. The third-order valence-corrected chi connectivity index (χ3v) is 9.99. The summed E-state index contributed by atoms with van der Waals surface area (Å²) in [6.45, 7) is 4.00. The van der Waals surface area contributed by atoms with Crippen LogP contribution in [0.1, 0.15) is 13.8 Å². The van der Waals surface area contributed by atoms with Crippen LogP contribution in [0.4, 0.5) is 0 Å². The van der Waals surface area contributed by atoms with Crippen LogP contribution in [0.3, 0.4) is 0 Å². The maximum absolute atomic E-state index is 6.14. The van der Waals surface area contributed by atoms with Crippen molar-refractivity contribution in [1.29, 1.82) is 0 Å². The van der Waals surface area contributed by atoms with Gasteiger partial charge in [0.2, 0.25) is 0 Å². The number of benzene rings is 8. The first-order chi connectivity index (χ1) is 25.8. The van der Waals surface area contributed by atoms with Crippen LogP contribution in [0.2, 0.25) is 0 Å². The molecule has 0 N–H and O–H groups in total. The molecule has 2 heterocycles. The van der Waals surface area contributed by atoms with E-state index >= 15 is 0 Å². The Labute approximate surface area is 303 Å². The summed E-state index contributed by atoms with van der Waals surface area (Å²) in [5, 5.41) is 4.74. The summed E-state index contributed by atoms with van der Waals surface area (Å²) < 4.78 is 8.52. The van der Waals surface area contributed by atoms with Crippen molar-refractivity contribution in [3.05, 3.63) is 188 Å². The van der Waals surface area contributed by atoms with E-state index in [2.05, 4.69) is 180 Å². The minimum absolute atomic E-state index is 0.912.